The van der Waals surface area contributed by atoms with E-state index in [9.17, 15) is 9.59 Å². The van der Waals surface area contributed by atoms with Crippen molar-refractivity contribution in [1.82, 2.24) is 5.32 Å². The maximum absolute atomic E-state index is 11.8. The van der Waals surface area contributed by atoms with Gasteiger partial charge in [-0.05, 0) is 24.8 Å². The van der Waals surface area contributed by atoms with Crippen molar-refractivity contribution in [3.05, 3.63) is 35.9 Å². The summed E-state index contributed by atoms with van der Waals surface area (Å²) < 4.78 is 4.75. The van der Waals surface area contributed by atoms with Gasteiger partial charge in [0, 0.05) is 5.92 Å². The first-order valence-electron chi connectivity index (χ1n) is 6.20. The molecule has 0 heterocycles. The summed E-state index contributed by atoms with van der Waals surface area (Å²) in [5.41, 5.74) is 1.19. The number of nitrogens with one attached hydrogen (secondary N) is 1. The third-order valence-corrected chi connectivity index (χ3v) is 3.07. The van der Waals surface area contributed by atoms with E-state index in [4.69, 9.17) is 4.74 Å². The van der Waals surface area contributed by atoms with Crippen LogP contribution in [0.25, 0.3) is 0 Å². The second kappa shape index (κ2) is 5.67. The third kappa shape index (κ3) is 3.09. The van der Waals surface area contributed by atoms with Gasteiger partial charge in [0.1, 0.15) is 6.54 Å². The Labute approximate surface area is 106 Å². The van der Waals surface area contributed by atoms with Crippen molar-refractivity contribution in [2.75, 3.05) is 13.2 Å². The number of carbonyl (C=O) groups excluding carboxylic acids is 2. The van der Waals surface area contributed by atoms with E-state index in [0.29, 0.717) is 12.5 Å². The monoisotopic (exact) mass is 247 g/mol. The van der Waals surface area contributed by atoms with Crippen LogP contribution in [0.5, 0.6) is 0 Å². The number of hydrogen-bond donors (Lipinski definition) is 1. The molecule has 0 bridgehead atoms. The van der Waals surface area contributed by atoms with Crippen molar-refractivity contribution in [2.24, 2.45) is 5.92 Å². The highest BCUT2D eigenvalue weighted by atomic mass is 16.5. The first-order chi connectivity index (χ1) is 8.72. The molecule has 1 N–H and O–H groups in total. The normalized spacial score (nSPS) is 21.2. The Hall–Kier alpha value is -1.84. The van der Waals surface area contributed by atoms with Crippen molar-refractivity contribution in [1.29, 1.82) is 0 Å². The number of amides is 1. The lowest BCUT2D eigenvalue weighted by molar-refractivity contribution is -0.143. The molecular weight excluding hydrogens is 230 g/mol. The molecule has 4 heteroatoms. The fraction of sp³-hybridized carbons (Fsp3) is 0.429. The zero-order valence-electron chi connectivity index (χ0n) is 10.4. The molecule has 0 saturated heterocycles. The highest BCUT2D eigenvalue weighted by Crippen LogP contribution is 2.47. The van der Waals surface area contributed by atoms with Gasteiger partial charge in [0.25, 0.3) is 0 Å². The van der Waals surface area contributed by atoms with Crippen LogP contribution in [0.2, 0.25) is 0 Å². The predicted octanol–water partition coefficient (Wildman–Crippen LogP) is 1.47. The van der Waals surface area contributed by atoms with Crippen molar-refractivity contribution < 1.29 is 14.3 Å². The Morgan fingerprint density at radius 3 is 2.72 bits per heavy atom. The van der Waals surface area contributed by atoms with Crippen molar-refractivity contribution in [3.8, 4) is 0 Å². The number of carbonyl (C=O) groups is 2. The van der Waals surface area contributed by atoms with Gasteiger partial charge < -0.3 is 10.1 Å². The van der Waals surface area contributed by atoms with Crippen LogP contribution in [-0.2, 0) is 14.3 Å². The van der Waals surface area contributed by atoms with Crippen molar-refractivity contribution >= 4 is 11.9 Å². The van der Waals surface area contributed by atoms with Gasteiger partial charge in [-0.15, -0.1) is 0 Å². The first kappa shape index (κ1) is 12.6. The molecule has 1 fully saturated rings. The lowest BCUT2D eigenvalue weighted by Crippen LogP contribution is -2.32. The van der Waals surface area contributed by atoms with E-state index in [1.807, 2.05) is 30.3 Å². The molecule has 2 rings (SSSR count). The van der Waals surface area contributed by atoms with Crippen LogP contribution in [0, 0.1) is 5.92 Å². The van der Waals surface area contributed by atoms with Gasteiger partial charge in [0.05, 0.1) is 6.61 Å². The van der Waals surface area contributed by atoms with E-state index in [2.05, 4.69) is 5.32 Å². The van der Waals surface area contributed by atoms with E-state index in [1.165, 1.54) is 5.56 Å². The summed E-state index contributed by atoms with van der Waals surface area (Å²) in [6, 6.07) is 9.97. The van der Waals surface area contributed by atoms with Crippen molar-refractivity contribution in [2.45, 2.75) is 19.3 Å². The van der Waals surface area contributed by atoms with Crippen LogP contribution in [0.15, 0.2) is 30.3 Å². The van der Waals surface area contributed by atoms with Crippen LogP contribution in [0.4, 0.5) is 0 Å². The van der Waals surface area contributed by atoms with Crippen LogP contribution < -0.4 is 5.32 Å². The maximum atomic E-state index is 11.8. The highest BCUT2D eigenvalue weighted by Gasteiger charge is 2.43. The van der Waals surface area contributed by atoms with Crippen LogP contribution in [0.1, 0.15) is 24.8 Å². The minimum atomic E-state index is -0.386. The molecule has 1 aromatic carbocycles. The molecule has 1 aromatic rings. The standard InChI is InChI=1S/C14H17NO3/c1-2-18-13(16)9-15-14(17)12-8-11(12)10-6-4-3-5-7-10/h3-7,11-12H,2,8-9H2,1H3,(H,15,17)/t11-,12+/m0/s1. The van der Waals surface area contributed by atoms with Gasteiger partial charge in [-0.1, -0.05) is 30.3 Å². The first-order valence-corrected chi connectivity index (χ1v) is 6.20. The largest absolute Gasteiger partial charge is 0.465 e. The number of rotatable bonds is 5. The molecule has 1 amide bonds. The van der Waals surface area contributed by atoms with E-state index in [0.717, 1.165) is 6.42 Å². The Kier molecular flexibility index (Phi) is 3.97. The summed E-state index contributed by atoms with van der Waals surface area (Å²) in [7, 11) is 0. The molecule has 1 aliphatic carbocycles. The molecule has 96 valence electrons. The molecular formula is C14H17NO3. The molecule has 1 saturated carbocycles. The summed E-state index contributed by atoms with van der Waals surface area (Å²) in [5.74, 6) is -0.144. The number of ether oxygens (including phenoxy) is 1. The molecule has 4 nitrogen and oxygen atoms in total. The smallest absolute Gasteiger partial charge is 0.325 e. The number of hydrogen-bond acceptors (Lipinski definition) is 3. The van der Waals surface area contributed by atoms with Crippen LogP contribution >= 0.6 is 0 Å². The molecule has 0 aliphatic heterocycles. The average molecular weight is 247 g/mol. The number of esters is 1. The average Bonchev–Trinajstić information content (AvgIpc) is 3.18. The third-order valence-electron chi connectivity index (χ3n) is 3.07. The summed E-state index contributed by atoms with van der Waals surface area (Å²) >= 11 is 0. The van der Waals surface area contributed by atoms with Crippen molar-refractivity contribution in [3.63, 3.8) is 0 Å². The SMILES string of the molecule is CCOC(=O)CNC(=O)[C@@H]1C[C@H]1c1ccccc1. The Morgan fingerprint density at radius 2 is 2.06 bits per heavy atom. The van der Waals surface area contributed by atoms with E-state index in [-0.39, 0.29) is 24.3 Å². The fourth-order valence-corrected chi connectivity index (χ4v) is 2.06. The lowest BCUT2D eigenvalue weighted by atomic mass is 10.1. The second-order valence-electron chi connectivity index (χ2n) is 4.38. The second-order valence-corrected chi connectivity index (χ2v) is 4.38. The summed E-state index contributed by atoms with van der Waals surface area (Å²) in [4.78, 5) is 22.9. The fourth-order valence-electron chi connectivity index (χ4n) is 2.06. The zero-order valence-corrected chi connectivity index (χ0v) is 10.4. The highest BCUT2D eigenvalue weighted by molar-refractivity contribution is 5.86. The molecule has 0 unspecified atom stereocenters. The van der Waals surface area contributed by atoms with Gasteiger partial charge in [-0.2, -0.15) is 0 Å². The summed E-state index contributed by atoms with van der Waals surface area (Å²) in [6.07, 6.45) is 0.860. The van der Waals surface area contributed by atoms with Gasteiger partial charge in [0.15, 0.2) is 0 Å². The van der Waals surface area contributed by atoms with Gasteiger partial charge in [0.2, 0.25) is 5.91 Å². The van der Waals surface area contributed by atoms with Crippen LogP contribution in [-0.4, -0.2) is 25.0 Å². The van der Waals surface area contributed by atoms with Gasteiger partial charge in [-0.25, -0.2) is 0 Å². The zero-order chi connectivity index (χ0) is 13.0. The predicted molar refractivity (Wildman–Crippen MR) is 66.9 cm³/mol. The maximum Gasteiger partial charge on any atom is 0.325 e. The van der Waals surface area contributed by atoms with Gasteiger partial charge >= 0.3 is 5.97 Å². The minimum Gasteiger partial charge on any atom is -0.465 e. The van der Waals surface area contributed by atoms with E-state index >= 15 is 0 Å². The lowest BCUT2D eigenvalue weighted by Gasteiger charge is -2.04. The Balaban J connectivity index is 1.78. The van der Waals surface area contributed by atoms with E-state index in [1.54, 1.807) is 6.92 Å². The summed E-state index contributed by atoms with van der Waals surface area (Å²) in [6.45, 7) is 2.04. The van der Waals surface area contributed by atoms with Gasteiger partial charge in [-0.3, -0.25) is 9.59 Å². The van der Waals surface area contributed by atoms with E-state index < -0.39 is 0 Å². The topological polar surface area (TPSA) is 55.4 Å². The molecule has 1 aliphatic rings. The minimum absolute atomic E-state index is 0.00169. The summed E-state index contributed by atoms with van der Waals surface area (Å²) in [5, 5.41) is 2.62. The molecule has 0 spiro atoms. The molecule has 0 aromatic heterocycles. The molecule has 2 atom stereocenters. The molecule has 18 heavy (non-hydrogen) atoms. The Bertz CT molecular complexity index is 430. The Morgan fingerprint density at radius 1 is 1.33 bits per heavy atom. The quantitative estimate of drug-likeness (QED) is 0.802. The van der Waals surface area contributed by atoms with Crippen LogP contribution in [0.3, 0.4) is 0 Å². The number of benzene rings is 1. The molecule has 0 radical (unpaired) electrons.